The van der Waals surface area contributed by atoms with E-state index in [-0.39, 0.29) is 89.9 Å². The molecule has 0 fully saturated rings. The molecular weight excluding hydrogens is 1460 g/mol. The van der Waals surface area contributed by atoms with Gasteiger partial charge in [0.05, 0.1) is 79.5 Å². The van der Waals surface area contributed by atoms with Crippen LogP contribution in [0.2, 0.25) is 25.1 Å². The highest BCUT2D eigenvalue weighted by molar-refractivity contribution is 14.1. The van der Waals surface area contributed by atoms with Crippen molar-refractivity contribution in [1.82, 2.24) is 9.66 Å². The van der Waals surface area contributed by atoms with Crippen molar-refractivity contribution in [2.24, 2.45) is 70.2 Å². The van der Waals surface area contributed by atoms with Crippen LogP contribution in [0.25, 0.3) is 11.4 Å². The molecule has 7 rings (SSSR count). The third kappa shape index (κ3) is 29.1. The van der Waals surface area contributed by atoms with Crippen molar-refractivity contribution in [3.63, 3.8) is 0 Å². The van der Waals surface area contributed by atoms with Crippen molar-refractivity contribution in [2.75, 3.05) is 44.2 Å². The van der Waals surface area contributed by atoms with Gasteiger partial charge in [0, 0.05) is 84.7 Å². The van der Waals surface area contributed by atoms with Gasteiger partial charge in [0.2, 0.25) is 5.96 Å². The second-order valence-electron chi connectivity index (χ2n) is 16.8. The number of nitrogens with two attached hydrogens (primary N) is 9. The maximum atomic E-state index is 10.7. The van der Waals surface area contributed by atoms with E-state index in [4.69, 9.17) is 137 Å². The Morgan fingerprint density at radius 3 is 1.38 bits per heavy atom. The molecule has 6 aromatic carbocycles. The molecule has 0 amide bonds. The number of nitrogens with zero attached hydrogens (tertiary/aromatic N) is 9. The zero-order valence-corrected chi connectivity index (χ0v) is 54.3. The minimum atomic E-state index is -0.541. The van der Waals surface area contributed by atoms with Gasteiger partial charge in [0.25, 0.3) is 5.69 Å². The number of nitrogen functional groups attached to an aromatic ring is 2. The number of phenols is 1. The van der Waals surface area contributed by atoms with E-state index in [2.05, 4.69) is 80.2 Å². The summed E-state index contributed by atoms with van der Waals surface area (Å²) in [7, 11) is 0. The van der Waals surface area contributed by atoms with Crippen LogP contribution in [0.4, 0.5) is 17.1 Å². The zero-order chi connectivity index (χ0) is 65.9. The third-order valence-corrected chi connectivity index (χ3v) is 13.3. The Hall–Kier alpha value is -8.79. The van der Waals surface area contributed by atoms with E-state index < -0.39 is 4.92 Å². The molecule has 0 aliphatic heterocycles. The van der Waals surface area contributed by atoms with E-state index in [1.807, 2.05) is 36.4 Å². The average Bonchev–Trinajstić information content (AvgIpc) is 4.13. The monoisotopic (exact) mass is 1520 g/mol. The Labute approximate surface area is 558 Å². The predicted molar refractivity (Wildman–Crippen MR) is 381 cm³/mol. The van der Waals surface area contributed by atoms with Gasteiger partial charge >= 0.3 is 0 Å². The molecule has 0 atom stereocenters. The van der Waals surface area contributed by atoms with Crippen LogP contribution in [0.5, 0.6) is 5.75 Å². The highest BCUT2D eigenvalue weighted by atomic mass is 127. The number of phenolic OH excluding ortho intramolecular Hbond substituents is 1. The molecule has 7 aromatic rings. The Kier molecular flexibility index (Phi) is 34.7. The van der Waals surface area contributed by atoms with E-state index in [0.29, 0.717) is 54.0 Å². The Morgan fingerprint density at radius 2 is 0.909 bits per heavy atom. The number of aromatic nitrogens is 2. The van der Waals surface area contributed by atoms with Crippen LogP contribution in [-0.2, 0) is 0 Å². The summed E-state index contributed by atoms with van der Waals surface area (Å²) in [6.07, 6.45) is 10.7. The number of anilines is 2. The number of rotatable bonds is 18. The number of nitro benzene ring substituents is 1. The van der Waals surface area contributed by atoms with Gasteiger partial charge in [0.1, 0.15) is 34.9 Å². The Bertz CT molecular complexity index is 3470. The van der Waals surface area contributed by atoms with Crippen LogP contribution in [0.15, 0.2) is 158 Å². The van der Waals surface area contributed by atoms with E-state index in [9.17, 15) is 15.2 Å². The van der Waals surface area contributed by atoms with E-state index in [1.54, 1.807) is 79.4 Å². The van der Waals surface area contributed by atoms with E-state index in [1.165, 1.54) is 47.6 Å². The molecule has 462 valence electrons. The molecule has 0 radical (unpaired) electrons. The van der Waals surface area contributed by atoms with Crippen LogP contribution >= 0.6 is 103 Å². The van der Waals surface area contributed by atoms with Crippen molar-refractivity contribution < 1.29 is 10.0 Å². The van der Waals surface area contributed by atoms with Gasteiger partial charge in [-0.2, -0.15) is 0 Å². The fraction of sp³-hybridized carbons (Fsp3) is 0.0909. The Balaban J connectivity index is 0.000000361. The zero-order valence-electron chi connectivity index (χ0n) is 46.2. The molecular formula is C55H60Cl5I2N23O3. The van der Waals surface area contributed by atoms with Gasteiger partial charge in [-0.05, 0) is 106 Å². The normalized spacial score (nSPS) is 10.5. The molecule has 0 aliphatic carbocycles. The highest BCUT2D eigenvalue weighted by Gasteiger charge is 2.15. The summed E-state index contributed by atoms with van der Waals surface area (Å²) in [5, 5.41) is 61.0. The van der Waals surface area contributed by atoms with Crippen molar-refractivity contribution in [1.29, 1.82) is 27.0 Å². The molecule has 88 heavy (non-hydrogen) atoms. The topological polar surface area (TPSA) is 509 Å². The lowest BCUT2D eigenvalue weighted by Crippen LogP contribution is -2.23. The largest absolute Gasteiger partial charge is 0.507 e. The summed E-state index contributed by atoms with van der Waals surface area (Å²) in [5.41, 5.74) is 52.6. The first-order valence-corrected chi connectivity index (χ1v) is 28.6. The third-order valence-electron chi connectivity index (χ3n) is 9.79. The quantitative estimate of drug-likeness (QED) is 0.00953. The number of guanidine groups is 1. The number of aromatic hydroxyl groups is 1. The lowest BCUT2D eigenvalue weighted by molar-refractivity contribution is -0.385. The number of amidine groups is 5. The van der Waals surface area contributed by atoms with Gasteiger partial charge in [-0.25, -0.2) is 9.66 Å². The predicted octanol–water partition coefficient (Wildman–Crippen LogP) is 9.05. The summed E-state index contributed by atoms with van der Waals surface area (Å²) in [6, 6.07) is 33.0. The van der Waals surface area contributed by atoms with Gasteiger partial charge in [0.15, 0.2) is 5.82 Å². The summed E-state index contributed by atoms with van der Waals surface area (Å²) < 4.78 is 3.73. The Morgan fingerprint density at radius 1 is 0.523 bits per heavy atom. The first kappa shape index (κ1) is 75.3. The van der Waals surface area contributed by atoms with Gasteiger partial charge in [-0.15, -0.1) is 5.10 Å². The van der Waals surface area contributed by atoms with Crippen LogP contribution in [0.3, 0.4) is 0 Å². The fourth-order valence-electron chi connectivity index (χ4n) is 5.99. The molecule has 1 heterocycles. The number of benzene rings is 6. The number of halogens is 7. The van der Waals surface area contributed by atoms with Crippen LogP contribution in [0, 0.1) is 44.3 Å². The number of hydrogen-bond donors (Lipinski definition) is 15. The van der Waals surface area contributed by atoms with Gasteiger partial charge in [-0.1, -0.05) is 107 Å². The molecule has 26 nitrogen and oxygen atoms in total. The molecule has 0 aliphatic rings. The maximum absolute atomic E-state index is 10.7. The molecule has 0 bridgehead atoms. The van der Waals surface area contributed by atoms with E-state index >= 15 is 0 Å². The van der Waals surface area contributed by atoms with Crippen molar-refractivity contribution in [3.8, 4) is 17.1 Å². The number of nitrogens with one attached hydrogen (secondary N) is 5. The number of hydrogen-bond acceptors (Lipinski definition) is 17. The number of imidazole rings is 1. The molecule has 0 spiro atoms. The summed E-state index contributed by atoms with van der Waals surface area (Å²) in [6.45, 7) is 0.729. The molecule has 24 N–H and O–H groups in total. The first-order valence-electron chi connectivity index (χ1n) is 24.6. The second kappa shape index (κ2) is 40.6. The van der Waals surface area contributed by atoms with Crippen LogP contribution in [0.1, 0.15) is 27.8 Å². The van der Waals surface area contributed by atoms with Crippen LogP contribution in [-0.4, -0.2) is 119 Å². The van der Waals surface area contributed by atoms with Gasteiger partial charge < -0.3 is 56.7 Å². The van der Waals surface area contributed by atoms with Crippen molar-refractivity contribution in [2.45, 2.75) is 0 Å². The molecule has 0 saturated carbocycles. The molecule has 0 saturated heterocycles. The van der Waals surface area contributed by atoms with Crippen molar-refractivity contribution >= 4 is 186 Å². The minimum absolute atomic E-state index is 0.00637. The van der Waals surface area contributed by atoms with Gasteiger partial charge in [-0.3, -0.25) is 62.1 Å². The molecule has 0 unspecified atom stereocenters. The lowest BCUT2D eigenvalue weighted by atomic mass is 10.2. The number of aliphatic imine (C=N–C) groups is 5. The summed E-state index contributed by atoms with van der Waals surface area (Å²) in [4.78, 5) is 33.9. The lowest BCUT2D eigenvalue weighted by Gasteiger charge is -2.06. The summed E-state index contributed by atoms with van der Waals surface area (Å²) in [5.74, 6) is 0.449. The average molecular weight is 1520 g/mol. The second-order valence-corrected chi connectivity index (χ2v) is 21.2. The number of nitro groups is 1. The minimum Gasteiger partial charge on any atom is -0.507 e. The summed E-state index contributed by atoms with van der Waals surface area (Å²) >= 11 is 34.2. The number of para-hydroxylation sites is 1. The highest BCUT2D eigenvalue weighted by Crippen LogP contribution is 2.33. The van der Waals surface area contributed by atoms with Crippen molar-refractivity contribution in [3.05, 3.63) is 198 Å². The van der Waals surface area contributed by atoms with E-state index in [0.717, 1.165) is 18.3 Å². The fourth-order valence-corrected chi connectivity index (χ4v) is 9.02. The van der Waals surface area contributed by atoms with Crippen LogP contribution < -0.4 is 51.6 Å². The molecule has 33 heteroatoms. The SMILES string of the molecule is N=C(N)CN=Cc1c(Cl)cccc1[N+](=O)[O-].N=C(N)CN=Cc1c(I)cccc1I.N=C(N)CN=Cc1c(N)cccc1Cl.N=C(N)CN=Cc1c(O)cccc1Cl.N=C(N)CN=Cc1ccccc1N.NC(N)=Nn1ccnc1-c1c(Cl)cccc1Cl. The maximum Gasteiger partial charge on any atom is 0.279 e. The first-order chi connectivity index (χ1) is 41.6. The smallest absolute Gasteiger partial charge is 0.279 e. The molecule has 1 aromatic heterocycles. The standard InChI is InChI=1S/C10H9Cl2N5.C9H9ClN4O2.C9H11ClN4.C9H10ClN3O.C9H9I2N3.C9H12N4/c11-6-2-1-3-7(12)8(6)9-15-4-5-17(9)16-10(13)14;10-7-2-1-3-8(14(15)16)6(7)4-13-5-9(11)12;10-7-2-1-3-8(11)6(7)4-14-5-9(12)13;10-7-2-1-3-8(14)6(7)4-13-5-9(11)12;10-7-2-1-3-8(11)6(7)4-14-5-9(12)13;10-8-4-2-1-3-7(8)5-13-6-9(11)12/h1-5H,(H4,13,14,16);1-4H,5H2,(H3,11,12);1-4H,5,11H2,(H3,12,13);1-4,14H,5H2,(H3,11,12);1-4H,5H2,(H3,12,13);1-5H,6,10H2,(H3,11,12).